The molecule has 0 spiro atoms. The Morgan fingerprint density at radius 3 is 2.58 bits per heavy atom. The Labute approximate surface area is 112 Å². The van der Waals surface area contributed by atoms with Gasteiger partial charge in [-0.05, 0) is 18.6 Å². The molecule has 0 amide bonds. The minimum atomic E-state index is -0.747. The maximum absolute atomic E-state index is 11.6. The molecule has 1 N–H and O–H groups in total. The Bertz CT molecular complexity index is 428. The summed E-state index contributed by atoms with van der Waals surface area (Å²) < 4.78 is 9.64. The smallest absolute Gasteiger partial charge is 0.344 e. The molecule has 0 aliphatic heterocycles. The van der Waals surface area contributed by atoms with Crippen molar-refractivity contribution in [2.45, 2.75) is 26.2 Å². The fourth-order valence-corrected chi connectivity index (χ4v) is 1.43. The highest BCUT2D eigenvalue weighted by molar-refractivity contribution is 5.93. The van der Waals surface area contributed by atoms with Crippen molar-refractivity contribution < 1.29 is 24.2 Å². The molecule has 0 heterocycles. The Morgan fingerprint density at radius 2 is 1.89 bits per heavy atom. The molecule has 1 rings (SSSR count). The number of phenols is 1. The first-order chi connectivity index (χ1) is 9.15. The summed E-state index contributed by atoms with van der Waals surface area (Å²) >= 11 is 0. The molecule has 0 fully saturated rings. The topological polar surface area (TPSA) is 72.8 Å². The van der Waals surface area contributed by atoms with Crippen molar-refractivity contribution in [1.82, 2.24) is 0 Å². The number of rotatable bonds is 7. The lowest BCUT2D eigenvalue weighted by Crippen LogP contribution is -2.17. The van der Waals surface area contributed by atoms with Crippen LogP contribution in [0, 0.1) is 0 Å². The van der Waals surface area contributed by atoms with Crippen LogP contribution in [0.25, 0.3) is 0 Å². The van der Waals surface area contributed by atoms with Gasteiger partial charge in [0.15, 0.2) is 6.61 Å². The van der Waals surface area contributed by atoms with Crippen molar-refractivity contribution in [3.05, 3.63) is 29.8 Å². The second-order valence-corrected chi connectivity index (χ2v) is 4.02. The zero-order valence-electron chi connectivity index (χ0n) is 10.9. The van der Waals surface area contributed by atoms with Crippen LogP contribution < -0.4 is 0 Å². The van der Waals surface area contributed by atoms with E-state index in [1.807, 2.05) is 0 Å². The lowest BCUT2D eigenvalue weighted by atomic mass is 10.2. The highest BCUT2D eigenvalue weighted by atomic mass is 16.6. The van der Waals surface area contributed by atoms with Crippen LogP contribution in [0.5, 0.6) is 5.75 Å². The molecule has 0 saturated heterocycles. The van der Waals surface area contributed by atoms with Crippen molar-refractivity contribution in [2.24, 2.45) is 0 Å². The van der Waals surface area contributed by atoms with Crippen LogP contribution >= 0.6 is 0 Å². The first-order valence-corrected chi connectivity index (χ1v) is 6.26. The molecule has 19 heavy (non-hydrogen) atoms. The van der Waals surface area contributed by atoms with E-state index in [2.05, 4.69) is 6.92 Å². The average Bonchev–Trinajstić information content (AvgIpc) is 2.41. The second-order valence-electron chi connectivity index (χ2n) is 4.02. The quantitative estimate of drug-likeness (QED) is 0.605. The van der Waals surface area contributed by atoms with Crippen molar-refractivity contribution >= 4 is 11.9 Å². The first kappa shape index (κ1) is 15.0. The number of hydrogen-bond donors (Lipinski definition) is 1. The number of carbonyl (C=O) groups is 2. The molecule has 0 radical (unpaired) electrons. The molecular formula is C14H18O5. The van der Waals surface area contributed by atoms with E-state index in [0.717, 1.165) is 19.3 Å². The van der Waals surface area contributed by atoms with Crippen LogP contribution in [0.1, 0.15) is 36.5 Å². The minimum absolute atomic E-state index is 0.0290. The third-order valence-corrected chi connectivity index (χ3v) is 2.46. The third-order valence-electron chi connectivity index (χ3n) is 2.46. The van der Waals surface area contributed by atoms with Gasteiger partial charge < -0.3 is 14.6 Å². The number of hydrogen-bond acceptors (Lipinski definition) is 5. The van der Waals surface area contributed by atoms with Gasteiger partial charge in [0.05, 0.1) is 6.61 Å². The Morgan fingerprint density at radius 1 is 1.16 bits per heavy atom. The van der Waals surface area contributed by atoms with Gasteiger partial charge in [0, 0.05) is 0 Å². The molecule has 104 valence electrons. The Kier molecular flexibility index (Phi) is 6.43. The molecule has 5 heteroatoms. The molecule has 0 aromatic heterocycles. The maximum atomic E-state index is 11.6. The van der Waals surface area contributed by atoms with Crippen molar-refractivity contribution in [3.8, 4) is 5.75 Å². The molecule has 0 saturated carbocycles. The molecule has 1 aromatic carbocycles. The normalized spacial score (nSPS) is 9.95. The third kappa shape index (κ3) is 5.42. The van der Waals surface area contributed by atoms with Gasteiger partial charge in [-0.15, -0.1) is 0 Å². The standard InChI is InChI=1S/C14H18O5/c1-2-3-6-9-18-13(16)10-19-14(17)11-7-4-5-8-12(11)15/h4-5,7-8,15H,2-3,6,9-10H2,1H3. The number of carbonyl (C=O) groups excluding carboxylic acids is 2. The lowest BCUT2D eigenvalue weighted by molar-refractivity contribution is -0.147. The van der Waals surface area contributed by atoms with Crippen molar-refractivity contribution in [2.75, 3.05) is 13.2 Å². The van der Waals surface area contributed by atoms with E-state index in [4.69, 9.17) is 9.47 Å². The second kappa shape index (κ2) is 8.13. The molecule has 5 nitrogen and oxygen atoms in total. The average molecular weight is 266 g/mol. The van der Waals surface area contributed by atoms with Crippen LogP contribution in [0.4, 0.5) is 0 Å². The Hall–Kier alpha value is -2.04. The number of unbranched alkanes of at least 4 members (excludes halogenated alkanes) is 2. The van der Waals surface area contributed by atoms with Gasteiger partial charge >= 0.3 is 11.9 Å². The van der Waals surface area contributed by atoms with Crippen molar-refractivity contribution in [3.63, 3.8) is 0 Å². The monoisotopic (exact) mass is 266 g/mol. The molecule has 0 unspecified atom stereocenters. The fourth-order valence-electron chi connectivity index (χ4n) is 1.43. The highest BCUT2D eigenvalue weighted by Crippen LogP contribution is 2.16. The number of para-hydroxylation sites is 1. The predicted molar refractivity (Wildman–Crippen MR) is 68.9 cm³/mol. The first-order valence-electron chi connectivity index (χ1n) is 6.26. The summed E-state index contributed by atoms with van der Waals surface area (Å²) in [6.45, 7) is 1.94. The molecule has 0 aliphatic carbocycles. The van der Waals surface area contributed by atoms with E-state index in [1.54, 1.807) is 12.1 Å². The fraction of sp³-hybridized carbons (Fsp3) is 0.429. The van der Waals surface area contributed by atoms with E-state index < -0.39 is 18.5 Å². The maximum Gasteiger partial charge on any atom is 0.344 e. The zero-order valence-corrected chi connectivity index (χ0v) is 10.9. The van der Waals surface area contributed by atoms with Crippen molar-refractivity contribution in [1.29, 1.82) is 0 Å². The summed E-state index contributed by atoms with van der Waals surface area (Å²) in [6, 6.07) is 5.98. The molecule has 0 bridgehead atoms. The van der Waals surface area contributed by atoms with E-state index in [1.165, 1.54) is 12.1 Å². The summed E-state index contributed by atoms with van der Waals surface area (Å²) in [6.07, 6.45) is 2.83. The van der Waals surface area contributed by atoms with E-state index >= 15 is 0 Å². The van der Waals surface area contributed by atoms with Crippen LogP contribution in [0.15, 0.2) is 24.3 Å². The van der Waals surface area contributed by atoms with E-state index in [0.29, 0.717) is 6.61 Å². The van der Waals surface area contributed by atoms with Gasteiger partial charge in [0.25, 0.3) is 0 Å². The number of ether oxygens (including phenoxy) is 2. The van der Waals surface area contributed by atoms with Gasteiger partial charge in [-0.2, -0.15) is 0 Å². The van der Waals surface area contributed by atoms with E-state index in [9.17, 15) is 14.7 Å². The van der Waals surface area contributed by atoms with Crippen LogP contribution in [0.2, 0.25) is 0 Å². The number of esters is 2. The number of phenolic OH excluding ortho intramolecular Hbond substituents is 1. The lowest BCUT2D eigenvalue weighted by Gasteiger charge is -2.06. The van der Waals surface area contributed by atoms with Gasteiger partial charge in [-0.1, -0.05) is 31.9 Å². The molecule has 0 atom stereocenters. The summed E-state index contributed by atoms with van der Waals surface area (Å²) in [4.78, 5) is 22.8. The number of benzene rings is 1. The largest absolute Gasteiger partial charge is 0.507 e. The summed E-state index contributed by atoms with van der Waals surface area (Å²) in [5, 5.41) is 9.43. The van der Waals surface area contributed by atoms with E-state index in [-0.39, 0.29) is 11.3 Å². The highest BCUT2D eigenvalue weighted by Gasteiger charge is 2.14. The van der Waals surface area contributed by atoms with Gasteiger partial charge in [0.1, 0.15) is 11.3 Å². The summed E-state index contributed by atoms with van der Waals surface area (Å²) in [5.74, 6) is -1.51. The van der Waals surface area contributed by atoms with Crippen LogP contribution in [-0.4, -0.2) is 30.3 Å². The predicted octanol–water partition coefficient (Wildman–Crippen LogP) is 2.28. The summed E-state index contributed by atoms with van der Waals surface area (Å²) in [5.41, 5.74) is 0.0290. The number of aromatic hydroxyl groups is 1. The van der Waals surface area contributed by atoms with Gasteiger partial charge in [-0.25, -0.2) is 9.59 Å². The zero-order chi connectivity index (χ0) is 14.1. The molecular weight excluding hydrogens is 248 g/mol. The Balaban J connectivity index is 2.30. The summed E-state index contributed by atoms with van der Waals surface area (Å²) in [7, 11) is 0. The van der Waals surface area contributed by atoms with Gasteiger partial charge in [-0.3, -0.25) is 0 Å². The van der Waals surface area contributed by atoms with Gasteiger partial charge in [0.2, 0.25) is 0 Å². The van der Waals surface area contributed by atoms with Crippen LogP contribution in [-0.2, 0) is 14.3 Å². The minimum Gasteiger partial charge on any atom is -0.507 e. The SMILES string of the molecule is CCCCCOC(=O)COC(=O)c1ccccc1O. The molecule has 0 aliphatic rings. The van der Waals surface area contributed by atoms with Crippen LogP contribution in [0.3, 0.4) is 0 Å². The molecule has 1 aromatic rings.